The Morgan fingerprint density at radius 2 is 1.68 bits per heavy atom. The van der Waals surface area contributed by atoms with Crippen LogP contribution in [0.2, 0.25) is 0 Å². The molecule has 1 saturated heterocycles. The lowest BCUT2D eigenvalue weighted by Crippen LogP contribution is -2.42. The molecule has 1 N–H and O–H groups in total. The highest BCUT2D eigenvalue weighted by molar-refractivity contribution is 6.00. The van der Waals surface area contributed by atoms with Crippen LogP contribution in [0.1, 0.15) is 49.9 Å². The highest BCUT2D eigenvalue weighted by Crippen LogP contribution is 2.29. The molecule has 1 aromatic heterocycles. The first-order valence-corrected chi connectivity index (χ1v) is 12.4. The van der Waals surface area contributed by atoms with Crippen LogP contribution in [0.25, 0.3) is 16.9 Å². The van der Waals surface area contributed by atoms with Gasteiger partial charge in [-0.05, 0) is 37.3 Å². The predicted octanol–water partition coefficient (Wildman–Crippen LogP) is 4.94. The Bertz CT molecular complexity index is 1090. The molecular weight excluding hydrogens is 424 g/mol. The molecule has 3 aromatic rings. The van der Waals surface area contributed by atoms with E-state index in [1.807, 2.05) is 78.7 Å². The van der Waals surface area contributed by atoms with E-state index in [0.29, 0.717) is 30.3 Å². The first-order valence-electron chi connectivity index (χ1n) is 12.4. The van der Waals surface area contributed by atoms with E-state index in [-0.39, 0.29) is 17.7 Å². The largest absolute Gasteiger partial charge is 0.356 e. The van der Waals surface area contributed by atoms with Crippen molar-refractivity contribution in [1.29, 1.82) is 0 Å². The third kappa shape index (κ3) is 5.38. The molecule has 2 heterocycles. The van der Waals surface area contributed by atoms with Crippen molar-refractivity contribution in [3.63, 3.8) is 0 Å². The molecule has 34 heavy (non-hydrogen) atoms. The van der Waals surface area contributed by atoms with Crippen LogP contribution in [0, 0.1) is 11.8 Å². The second-order valence-corrected chi connectivity index (χ2v) is 9.10. The minimum atomic E-state index is -0.0326. The number of unbranched alkanes of at least 4 members (excludes halogenated alkanes) is 1. The van der Waals surface area contributed by atoms with E-state index in [1.54, 1.807) is 4.68 Å². The monoisotopic (exact) mass is 458 g/mol. The summed E-state index contributed by atoms with van der Waals surface area (Å²) in [5.41, 5.74) is 3.15. The summed E-state index contributed by atoms with van der Waals surface area (Å²) < 4.78 is 1.78. The van der Waals surface area contributed by atoms with Crippen molar-refractivity contribution in [2.45, 2.75) is 39.5 Å². The van der Waals surface area contributed by atoms with Crippen molar-refractivity contribution in [2.24, 2.45) is 11.8 Å². The summed E-state index contributed by atoms with van der Waals surface area (Å²) in [5, 5.41) is 7.84. The van der Waals surface area contributed by atoms with E-state index in [9.17, 15) is 9.59 Å². The molecule has 1 aliphatic heterocycles. The Morgan fingerprint density at radius 1 is 1.03 bits per heavy atom. The molecule has 0 radical (unpaired) electrons. The maximum absolute atomic E-state index is 13.6. The topological polar surface area (TPSA) is 67.2 Å². The summed E-state index contributed by atoms with van der Waals surface area (Å²) in [6.07, 6.45) is 5.59. The second kappa shape index (κ2) is 11.1. The fourth-order valence-corrected chi connectivity index (χ4v) is 4.59. The number of carbonyl (C=O) groups excluding carboxylic acids is 2. The number of nitrogens with one attached hydrogen (secondary N) is 1. The van der Waals surface area contributed by atoms with Crippen molar-refractivity contribution in [3.05, 3.63) is 72.4 Å². The second-order valence-electron chi connectivity index (χ2n) is 9.10. The lowest BCUT2D eigenvalue weighted by atomic mass is 9.84. The fourth-order valence-electron chi connectivity index (χ4n) is 4.59. The average Bonchev–Trinajstić information content (AvgIpc) is 3.35. The molecule has 178 valence electrons. The number of para-hydroxylation sites is 1. The van der Waals surface area contributed by atoms with Gasteiger partial charge in [0.25, 0.3) is 5.91 Å². The molecule has 6 nitrogen and oxygen atoms in total. The smallest absolute Gasteiger partial charge is 0.257 e. The Kier molecular flexibility index (Phi) is 7.78. The lowest BCUT2D eigenvalue weighted by molar-refractivity contribution is -0.126. The maximum atomic E-state index is 13.6. The third-order valence-corrected chi connectivity index (χ3v) is 6.79. The average molecular weight is 459 g/mol. The molecule has 0 spiro atoms. The molecule has 2 amide bonds. The summed E-state index contributed by atoms with van der Waals surface area (Å²) in [6.45, 7) is 6.18. The Morgan fingerprint density at radius 3 is 2.32 bits per heavy atom. The Labute approximate surface area is 202 Å². The van der Waals surface area contributed by atoms with Crippen molar-refractivity contribution in [3.8, 4) is 16.9 Å². The molecule has 0 bridgehead atoms. The van der Waals surface area contributed by atoms with Crippen LogP contribution in [-0.4, -0.2) is 46.1 Å². The van der Waals surface area contributed by atoms with Crippen molar-refractivity contribution in [2.75, 3.05) is 19.6 Å². The minimum Gasteiger partial charge on any atom is -0.356 e. The van der Waals surface area contributed by atoms with Gasteiger partial charge in [0.1, 0.15) is 5.69 Å². The van der Waals surface area contributed by atoms with Crippen LogP contribution < -0.4 is 5.32 Å². The zero-order valence-electron chi connectivity index (χ0n) is 20.1. The van der Waals surface area contributed by atoms with Gasteiger partial charge in [0, 0.05) is 37.3 Å². The number of aromatic nitrogens is 2. The third-order valence-electron chi connectivity index (χ3n) is 6.79. The van der Waals surface area contributed by atoms with E-state index < -0.39 is 0 Å². The molecule has 0 saturated carbocycles. The van der Waals surface area contributed by atoms with Crippen molar-refractivity contribution in [1.82, 2.24) is 20.0 Å². The van der Waals surface area contributed by atoms with E-state index in [0.717, 1.165) is 43.5 Å². The minimum absolute atomic E-state index is 0.000431. The molecule has 0 unspecified atom stereocenters. The Hall–Kier alpha value is -3.41. The number of hydrogen-bond donors (Lipinski definition) is 1. The summed E-state index contributed by atoms with van der Waals surface area (Å²) >= 11 is 0. The standard InChI is InChI=1S/C28H34N4O2/c1-3-4-17-29-27(33)21(2)22-15-18-31(19-16-22)28(34)25-20-32(24-13-9-6-10-14-24)30-26(25)23-11-7-5-8-12-23/h5-14,20-22H,3-4,15-19H2,1-2H3,(H,29,33)/t21-/m0/s1. The van der Waals surface area contributed by atoms with Crippen molar-refractivity contribution < 1.29 is 9.59 Å². The molecule has 0 aliphatic carbocycles. The number of hydrogen-bond acceptors (Lipinski definition) is 3. The molecular formula is C28H34N4O2. The first kappa shape index (κ1) is 23.7. The number of piperidine rings is 1. The van der Waals surface area contributed by atoms with Crippen LogP contribution in [0.15, 0.2) is 66.9 Å². The maximum Gasteiger partial charge on any atom is 0.257 e. The molecule has 1 aliphatic rings. The summed E-state index contributed by atoms with van der Waals surface area (Å²) in [5.74, 6) is 0.398. The zero-order valence-corrected chi connectivity index (χ0v) is 20.1. The van der Waals surface area contributed by atoms with Crippen LogP contribution in [0.4, 0.5) is 0 Å². The van der Waals surface area contributed by atoms with Gasteiger partial charge in [0.05, 0.1) is 11.3 Å². The number of rotatable bonds is 8. The van der Waals surface area contributed by atoms with Gasteiger partial charge in [-0.3, -0.25) is 9.59 Å². The van der Waals surface area contributed by atoms with Gasteiger partial charge >= 0.3 is 0 Å². The van der Waals surface area contributed by atoms with Crippen molar-refractivity contribution >= 4 is 11.8 Å². The zero-order chi connectivity index (χ0) is 23.9. The number of nitrogens with zero attached hydrogens (tertiary/aromatic N) is 3. The summed E-state index contributed by atoms with van der Waals surface area (Å²) in [6, 6.07) is 19.7. The SMILES string of the molecule is CCCCNC(=O)[C@@H](C)C1CCN(C(=O)c2cn(-c3ccccc3)nc2-c2ccccc2)CC1. The van der Waals surface area contributed by atoms with E-state index in [1.165, 1.54) is 0 Å². The van der Waals surface area contributed by atoms with Gasteiger partial charge in [-0.15, -0.1) is 0 Å². The molecule has 4 rings (SSSR count). The van der Waals surface area contributed by atoms with Gasteiger partial charge in [0.2, 0.25) is 5.91 Å². The van der Waals surface area contributed by atoms with Crippen LogP contribution in [0.5, 0.6) is 0 Å². The first-order chi connectivity index (χ1) is 16.6. The van der Waals surface area contributed by atoms with Gasteiger partial charge in [-0.25, -0.2) is 4.68 Å². The molecule has 2 aromatic carbocycles. The van der Waals surface area contributed by atoms with Gasteiger partial charge in [-0.1, -0.05) is 68.8 Å². The van der Waals surface area contributed by atoms with Crippen LogP contribution >= 0.6 is 0 Å². The highest BCUT2D eigenvalue weighted by Gasteiger charge is 2.31. The van der Waals surface area contributed by atoms with E-state index in [4.69, 9.17) is 5.10 Å². The molecule has 1 atom stereocenters. The fraction of sp³-hybridized carbons (Fsp3) is 0.393. The number of benzene rings is 2. The lowest BCUT2D eigenvalue weighted by Gasteiger charge is -2.34. The predicted molar refractivity (Wildman–Crippen MR) is 135 cm³/mol. The quantitative estimate of drug-likeness (QED) is 0.486. The van der Waals surface area contributed by atoms with E-state index in [2.05, 4.69) is 12.2 Å². The van der Waals surface area contributed by atoms with Crippen LogP contribution in [-0.2, 0) is 4.79 Å². The normalized spacial score (nSPS) is 15.2. The van der Waals surface area contributed by atoms with Gasteiger partial charge < -0.3 is 10.2 Å². The Balaban J connectivity index is 1.49. The van der Waals surface area contributed by atoms with Gasteiger partial charge in [0.15, 0.2) is 0 Å². The molecule has 6 heteroatoms. The molecule has 1 fully saturated rings. The van der Waals surface area contributed by atoms with E-state index >= 15 is 0 Å². The van der Waals surface area contributed by atoms with Crippen LogP contribution in [0.3, 0.4) is 0 Å². The summed E-state index contributed by atoms with van der Waals surface area (Å²) in [4.78, 5) is 28.0. The highest BCUT2D eigenvalue weighted by atomic mass is 16.2. The van der Waals surface area contributed by atoms with Gasteiger partial charge in [-0.2, -0.15) is 5.10 Å². The number of likely N-dealkylation sites (tertiary alicyclic amines) is 1. The number of amides is 2. The number of carbonyl (C=O) groups is 2. The summed E-state index contributed by atoms with van der Waals surface area (Å²) in [7, 11) is 0.